The van der Waals surface area contributed by atoms with Gasteiger partial charge in [-0.2, -0.15) is 5.10 Å². The van der Waals surface area contributed by atoms with Crippen molar-refractivity contribution in [2.24, 2.45) is 0 Å². The molecule has 0 spiro atoms. The molecule has 0 radical (unpaired) electrons. The highest BCUT2D eigenvalue weighted by Crippen LogP contribution is 2.38. The number of ether oxygens (including phenoxy) is 3. The number of aromatic nitrogens is 2. The molecule has 3 rings (SSSR count). The smallest absolute Gasteiger partial charge is 0.342 e. The number of carbonyl (C=O) groups excluding carboxylic acids is 1. The fourth-order valence-electron chi connectivity index (χ4n) is 3.03. The largest absolute Gasteiger partial charge is 0.462 e. The summed E-state index contributed by atoms with van der Waals surface area (Å²) in [7, 11) is -1.43. The molecule has 0 amide bonds. The predicted molar refractivity (Wildman–Crippen MR) is 106 cm³/mol. The lowest BCUT2D eigenvalue weighted by molar-refractivity contribution is 0.0520. The van der Waals surface area contributed by atoms with Crippen molar-refractivity contribution in [1.82, 2.24) is 9.78 Å². The minimum absolute atomic E-state index is 0.149. The molecule has 0 aliphatic carbocycles. The Bertz CT molecular complexity index is 912. The molecular formula is C19H23ClN2O5S. The first-order valence-electron chi connectivity index (χ1n) is 9.14. The van der Waals surface area contributed by atoms with Gasteiger partial charge in [-0.3, -0.25) is 8.89 Å². The fraction of sp³-hybridized carbons (Fsp3) is 0.474. The second-order valence-electron chi connectivity index (χ2n) is 6.35. The molecule has 0 bridgehead atoms. The van der Waals surface area contributed by atoms with Gasteiger partial charge in [0.25, 0.3) is 0 Å². The molecule has 9 heteroatoms. The number of hydrogen-bond acceptors (Lipinski definition) is 6. The summed E-state index contributed by atoms with van der Waals surface area (Å²) in [6.07, 6.45) is 3.68. The Hall–Kier alpha value is -2.06. The van der Waals surface area contributed by atoms with Crippen LogP contribution < -0.4 is 9.47 Å². The van der Waals surface area contributed by atoms with Crippen molar-refractivity contribution < 1.29 is 23.2 Å². The first-order chi connectivity index (χ1) is 13.5. The van der Waals surface area contributed by atoms with Crippen LogP contribution in [0.4, 0.5) is 0 Å². The van der Waals surface area contributed by atoms with Crippen LogP contribution in [-0.2, 0) is 28.5 Å². The Morgan fingerprint density at radius 2 is 2.04 bits per heavy atom. The number of unbranched alkanes of at least 4 members (excludes halogenated alkanes) is 1. The Labute approximate surface area is 171 Å². The molecule has 0 N–H and O–H groups in total. The number of rotatable bonds is 8. The lowest BCUT2D eigenvalue weighted by atomic mass is 10.1. The molecule has 0 saturated heterocycles. The monoisotopic (exact) mass is 426 g/mol. The Morgan fingerprint density at radius 3 is 2.68 bits per heavy atom. The van der Waals surface area contributed by atoms with Gasteiger partial charge in [-0.25, -0.2) is 4.79 Å². The predicted octanol–water partition coefficient (Wildman–Crippen LogP) is 3.57. The first-order valence-corrected chi connectivity index (χ1v) is 11.1. The van der Waals surface area contributed by atoms with Crippen LogP contribution in [0.25, 0.3) is 0 Å². The Kier molecular flexibility index (Phi) is 6.61. The minimum Gasteiger partial charge on any atom is -0.462 e. The van der Waals surface area contributed by atoms with Gasteiger partial charge in [-0.05, 0) is 25.0 Å². The summed E-state index contributed by atoms with van der Waals surface area (Å²) in [4.78, 5) is 12.7. The maximum atomic E-state index is 12.7. The molecule has 0 saturated carbocycles. The SMILES string of the molecule is CCCCn1nc(S(C)=O)c(C(=O)OCC)c1Cc1cc2c(cc1Cl)OCO2. The van der Waals surface area contributed by atoms with E-state index >= 15 is 0 Å². The van der Waals surface area contributed by atoms with E-state index in [1.54, 1.807) is 23.7 Å². The molecule has 152 valence electrons. The molecule has 1 aliphatic heterocycles. The molecule has 28 heavy (non-hydrogen) atoms. The van der Waals surface area contributed by atoms with Crippen LogP contribution in [0.2, 0.25) is 5.02 Å². The van der Waals surface area contributed by atoms with E-state index in [0.29, 0.717) is 35.2 Å². The van der Waals surface area contributed by atoms with Gasteiger partial charge >= 0.3 is 5.97 Å². The van der Waals surface area contributed by atoms with Gasteiger partial charge in [0.2, 0.25) is 6.79 Å². The molecule has 7 nitrogen and oxygen atoms in total. The van der Waals surface area contributed by atoms with Crippen LogP contribution in [0.15, 0.2) is 17.2 Å². The van der Waals surface area contributed by atoms with Crippen molar-refractivity contribution in [2.75, 3.05) is 19.7 Å². The van der Waals surface area contributed by atoms with Crippen LogP contribution in [0.1, 0.15) is 48.3 Å². The highest BCUT2D eigenvalue weighted by atomic mass is 35.5. The van der Waals surface area contributed by atoms with Gasteiger partial charge in [0.15, 0.2) is 16.5 Å². The number of aryl methyl sites for hydroxylation is 1. The van der Waals surface area contributed by atoms with Gasteiger partial charge in [0, 0.05) is 30.3 Å². The molecule has 1 unspecified atom stereocenters. The van der Waals surface area contributed by atoms with Crippen LogP contribution in [-0.4, -0.2) is 39.6 Å². The number of benzene rings is 1. The zero-order valence-corrected chi connectivity index (χ0v) is 17.7. The van der Waals surface area contributed by atoms with E-state index in [2.05, 4.69) is 12.0 Å². The van der Waals surface area contributed by atoms with Crippen molar-refractivity contribution in [2.45, 2.75) is 44.7 Å². The average Bonchev–Trinajstić information content (AvgIpc) is 3.24. The molecule has 0 fully saturated rings. The maximum absolute atomic E-state index is 12.7. The molecule has 1 atom stereocenters. The highest BCUT2D eigenvalue weighted by Gasteiger charge is 2.28. The third-order valence-corrected chi connectivity index (χ3v) is 5.58. The quantitative estimate of drug-likeness (QED) is 0.600. The summed E-state index contributed by atoms with van der Waals surface area (Å²) in [6, 6.07) is 3.51. The van der Waals surface area contributed by atoms with E-state index in [-0.39, 0.29) is 24.0 Å². The fourth-order valence-corrected chi connectivity index (χ4v) is 3.95. The number of fused-ring (bicyclic) bond motifs is 1. The molecule has 2 aromatic rings. The van der Waals surface area contributed by atoms with Crippen LogP contribution in [0.3, 0.4) is 0 Å². The summed E-state index contributed by atoms with van der Waals surface area (Å²) in [5.74, 6) is 0.674. The Balaban J connectivity index is 2.09. The van der Waals surface area contributed by atoms with Crippen molar-refractivity contribution in [3.63, 3.8) is 0 Å². The lowest BCUT2D eigenvalue weighted by Crippen LogP contribution is -2.12. The second kappa shape index (κ2) is 8.96. The molecule has 1 aliphatic rings. The van der Waals surface area contributed by atoms with Crippen molar-refractivity contribution in [1.29, 1.82) is 0 Å². The lowest BCUT2D eigenvalue weighted by Gasteiger charge is -2.11. The average molecular weight is 427 g/mol. The molecule has 1 aromatic heterocycles. The summed E-state index contributed by atoms with van der Waals surface area (Å²) < 4.78 is 30.0. The third kappa shape index (κ3) is 4.17. The number of nitrogens with zero attached hydrogens (tertiary/aromatic N) is 2. The zero-order valence-electron chi connectivity index (χ0n) is 16.1. The van der Waals surface area contributed by atoms with E-state index in [1.165, 1.54) is 6.26 Å². The maximum Gasteiger partial charge on any atom is 0.342 e. The van der Waals surface area contributed by atoms with Crippen LogP contribution in [0, 0.1) is 0 Å². The van der Waals surface area contributed by atoms with Crippen LogP contribution >= 0.6 is 11.6 Å². The topological polar surface area (TPSA) is 79.7 Å². The first kappa shape index (κ1) is 20.7. The van der Waals surface area contributed by atoms with Crippen molar-refractivity contribution >= 4 is 28.4 Å². The summed E-state index contributed by atoms with van der Waals surface area (Å²) in [5.41, 5.74) is 1.66. The van der Waals surface area contributed by atoms with E-state index in [1.807, 2.05) is 0 Å². The highest BCUT2D eigenvalue weighted by molar-refractivity contribution is 7.84. The second-order valence-corrected chi connectivity index (χ2v) is 8.05. The molecule has 2 heterocycles. The summed E-state index contributed by atoms with van der Waals surface area (Å²) in [5, 5.41) is 5.20. The van der Waals surface area contributed by atoms with E-state index in [0.717, 1.165) is 18.4 Å². The van der Waals surface area contributed by atoms with Gasteiger partial charge < -0.3 is 14.2 Å². The van der Waals surface area contributed by atoms with Crippen LogP contribution in [0.5, 0.6) is 11.5 Å². The normalized spacial score (nSPS) is 13.6. The number of halogens is 1. The number of esters is 1. The van der Waals surface area contributed by atoms with E-state index in [9.17, 15) is 9.00 Å². The van der Waals surface area contributed by atoms with Crippen molar-refractivity contribution in [3.05, 3.63) is 34.0 Å². The third-order valence-electron chi connectivity index (χ3n) is 4.40. The van der Waals surface area contributed by atoms with E-state index in [4.69, 9.17) is 25.8 Å². The minimum atomic E-state index is -1.43. The molecular weight excluding hydrogens is 404 g/mol. The van der Waals surface area contributed by atoms with Gasteiger partial charge in [0.1, 0.15) is 5.56 Å². The van der Waals surface area contributed by atoms with E-state index < -0.39 is 16.8 Å². The number of carbonyl (C=O) groups is 1. The van der Waals surface area contributed by atoms with Gasteiger partial charge in [0.05, 0.1) is 23.1 Å². The van der Waals surface area contributed by atoms with Gasteiger partial charge in [-0.1, -0.05) is 24.9 Å². The standard InChI is InChI=1S/C19H23ClN2O5S/c1-4-6-7-22-14(17(19(23)25-5-2)18(21-22)28(3)24)8-12-9-15-16(10-13(12)20)27-11-26-15/h9-10H,4-8,11H2,1-3H3. The number of hydrogen-bond donors (Lipinski definition) is 0. The zero-order chi connectivity index (χ0) is 20.3. The van der Waals surface area contributed by atoms with Crippen molar-refractivity contribution in [3.8, 4) is 11.5 Å². The summed E-state index contributed by atoms with van der Waals surface area (Å²) in [6.45, 7) is 4.78. The molecule has 1 aromatic carbocycles. The summed E-state index contributed by atoms with van der Waals surface area (Å²) >= 11 is 6.44. The Morgan fingerprint density at radius 1 is 1.32 bits per heavy atom. The van der Waals surface area contributed by atoms with Gasteiger partial charge in [-0.15, -0.1) is 0 Å².